The van der Waals surface area contributed by atoms with Gasteiger partial charge >= 0.3 is 0 Å². The fourth-order valence-corrected chi connectivity index (χ4v) is 4.35. The van der Waals surface area contributed by atoms with Gasteiger partial charge in [0.1, 0.15) is 0 Å². The summed E-state index contributed by atoms with van der Waals surface area (Å²) in [4.78, 5) is 4.95. The van der Waals surface area contributed by atoms with Crippen molar-refractivity contribution in [3.63, 3.8) is 0 Å². The second-order valence-electron chi connectivity index (χ2n) is 7.06. The Labute approximate surface area is 181 Å². The summed E-state index contributed by atoms with van der Waals surface area (Å²) < 4.78 is 26.7. The molecule has 0 amide bonds. The molecular weight excluding hydrogens is 475 g/mol. The highest BCUT2D eigenvalue weighted by Crippen LogP contribution is 2.21. The molecule has 154 valence electrons. The minimum Gasteiger partial charge on any atom is -0.357 e. The molecule has 0 atom stereocenters. The molecule has 2 rings (SSSR count). The van der Waals surface area contributed by atoms with E-state index < -0.39 is 10.0 Å². The van der Waals surface area contributed by atoms with Crippen LogP contribution in [0.2, 0.25) is 0 Å². The molecule has 0 aliphatic carbocycles. The van der Waals surface area contributed by atoms with Gasteiger partial charge in [0, 0.05) is 26.2 Å². The summed E-state index contributed by atoms with van der Waals surface area (Å²) in [5.41, 5.74) is 0.992. The van der Waals surface area contributed by atoms with E-state index in [1.807, 2.05) is 19.1 Å². The zero-order valence-corrected chi connectivity index (χ0v) is 19.7. The first kappa shape index (κ1) is 24.2. The van der Waals surface area contributed by atoms with E-state index in [4.69, 9.17) is 0 Å². The Morgan fingerprint density at radius 3 is 2.33 bits per heavy atom. The van der Waals surface area contributed by atoms with Gasteiger partial charge in [-0.1, -0.05) is 26.0 Å². The lowest BCUT2D eigenvalue weighted by molar-refractivity contribution is 0.477. The number of hydrogen-bond acceptors (Lipinski definition) is 3. The Morgan fingerprint density at radius 2 is 1.78 bits per heavy atom. The van der Waals surface area contributed by atoms with Crippen LogP contribution in [0.1, 0.15) is 45.6 Å². The predicted molar refractivity (Wildman–Crippen MR) is 122 cm³/mol. The van der Waals surface area contributed by atoms with Gasteiger partial charge in [-0.2, -0.15) is 4.31 Å². The highest BCUT2D eigenvalue weighted by molar-refractivity contribution is 14.0. The van der Waals surface area contributed by atoms with Crippen molar-refractivity contribution in [1.29, 1.82) is 0 Å². The highest BCUT2D eigenvalue weighted by Gasteiger charge is 2.26. The van der Waals surface area contributed by atoms with Crippen LogP contribution in [0, 0.1) is 5.92 Å². The van der Waals surface area contributed by atoms with Gasteiger partial charge in [-0.3, -0.25) is 0 Å². The van der Waals surface area contributed by atoms with Gasteiger partial charge in [0.15, 0.2) is 5.96 Å². The molecule has 0 aromatic heterocycles. The van der Waals surface area contributed by atoms with Crippen LogP contribution in [0.3, 0.4) is 0 Å². The molecule has 0 bridgehead atoms. The van der Waals surface area contributed by atoms with Crippen LogP contribution in [0.4, 0.5) is 0 Å². The van der Waals surface area contributed by atoms with E-state index >= 15 is 0 Å². The normalized spacial score (nSPS) is 15.6. The van der Waals surface area contributed by atoms with Gasteiger partial charge in [0.25, 0.3) is 0 Å². The van der Waals surface area contributed by atoms with Crippen molar-refractivity contribution < 1.29 is 8.42 Å². The van der Waals surface area contributed by atoms with Crippen molar-refractivity contribution in [1.82, 2.24) is 14.9 Å². The Balaban J connectivity index is 0.00000364. The van der Waals surface area contributed by atoms with Crippen molar-refractivity contribution in [3.8, 4) is 0 Å². The van der Waals surface area contributed by atoms with E-state index in [0.717, 1.165) is 43.9 Å². The van der Waals surface area contributed by atoms with Crippen LogP contribution < -0.4 is 10.6 Å². The SMILES string of the molecule is CCNC(=NCc1ccc(S(=O)(=O)N2CCCC2)cc1)NCCC(C)C.I. The van der Waals surface area contributed by atoms with Gasteiger partial charge < -0.3 is 10.6 Å². The lowest BCUT2D eigenvalue weighted by Crippen LogP contribution is -2.38. The zero-order chi connectivity index (χ0) is 19.0. The van der Waals surface area contributed by atoms with E-state index in [1.165, 1.54) is 0 Å². The number of guanidine groups is 1. The minimum absolute atomic E-state index is 0. The predicted octanol–water partition coefficient (Wildman–Crippen LogP) is 3.19. The number of halogens is 1. The summed E-state index contributed by atoms with van der Waals surface area (Å²) >= 11 is 0. The Bertz CT molecular complexity index is 684. The molecule has 1 fully saturated rings. The molecule has 1 aromatic rings. The molecule has 1 aliphatic heterocycles. The Morgan fingerprint density at radius 1 is 1.15 bits per heavy atom. The fourth-order valence-electron chi connectivity index (χ4n) is 2.84. The maximum atomic E-state index is 12.5. The van der Waals surface area contributed by atoms with E-state index in [-0.39, 0.29) is 24.0 Å². The van der Waals surface area contributed by atoms with E-state index in [2.05, 4.69) is 29.5 Å². The van der Waals surface area contributed by atoms with Gasteiger partial charge in [-0.15, -0.1) is 24.0 Å². The molecule has 1 saturated heterocycles. The zero-order valence-electron chi connectivity index (χ0n) is 16.6. The molecule has 6 nitrogen and oxygen atoms in total. The average Bonchev–Trinajstić information content (AvgIpc) is 3.15. The van der Waals surface area contributed by atoms with E-state index in [0.29, 0.717) is 30.4 Å². The smallest absolute Gasteiger partial charge is 0.243 e. The van der Waals surface area contributed by atoms with Crippen molar-refractivity contribution in [3.05, 3.63) is 29.8 Å². The topological polar surface area (TPSA) is 73.8 Å². The Kier molecular flexibility index (Phi) is 10.6. The number of nitrogens with one attached hydrogen (secondary N) is 2. The van der Waals surface area contributed by atoms with E-state index in [9.17, 15) is 8.42 Å². The first-order valence-electron chi connectivity index (χ1n) is 9.54. The Hall–Kier alpha value is -0.870. The number of benzene rings is 1. The van der Waals surface area contributed by atoms with Gasteiger partial charge in [0.05, 0.1) is 11.4 Å². The molecule has 0 spiro atoms. The summed E-state index contributed by atoms with van der Waals surface area (Å²) in [5.74, 6) is 1.44. The van der Waals surface area contributed by atoms with Crippen molar-refractivity contribution in [2.75, 3.05) is 26.2 Å². The molecule has 27 heavy (non-hydrogen) atoms. The summed E-state index contributed by atoms with van der Waals surface area (Å²) in [7, 11) is -3.34. The molecule has 8 heteroatoms. The number of rotatable bonds is 8. The number of sulfonamides is 1. The molecular formula is C19H33IN4O2S. The minimum atomic E-state index is -3.34. The molecule has 1 aliphatic rings. The molecule has 1 heterocycles. The van der Waals surface area contributed by atoms with Crippen molar-refractivity contribution in [2.24, 2.45) is 10.9 Å². The standard InChI is InChI=1S/C19H32N4O2S.HI/c1-4-20-19(21-12-11-16(2)3)22-15-17-7-9-18(10-8-17)26(24,25)23-13-5-6-14-23;/h7-10,16H,4-6,11-15H2,1-3H3,(H2,20,21,22);1H. The summed E-state index contributed by atoms with van der Waals surface area (Å²) in [6.07, 6.45) is 2.99. The average molecular weight is 508 g/mol. The molecule has 0 unspecified atom stereocenters. The first-order chi connectivity index (χ1) is 12.4. The number of aliphatic imine (C=N–C) groups is 1. The molecule has 0 radical (unpaired) electrons. The summed E-state index contributed by atoms with van der Waals surface area (Å²) in [6.45, 7) is 9.90. The summed E-state index contributed by atoms with van der Waals surface area (Å²) in [6, 6.07) is 7.09. The van der Waals surface area contributed by atoms with Crippen LogP contribution in [-0.2, 0) is 16.6 Å². The molecule has 1 aromatic carbocycles. The number of nitrogens with zero attached hydrogens (tertiary/aromatic N) is 2. The summed E-state index contributed by atoms with van der Waals surface area (Å²) in [5, 5.41) is 6.57. The van der Waals surface area contributed by atoms with Gasteiger partial charge in [0.2, 0.25) is 10.0 Å². The molecule has 0 saturated carbocycles. The van der Waals surface area contributed by atoms with Crippen molar-refractivity contribution in [2.45, 2.75) is 51.5 Å². The second-order valence-corrected chi connectivity index (χ2v) is 9.00. The van der Waals surface area contributed by atoms with Crippen LogP contribution in [0.25, 0.3) is 0 Å². The second kappa shape index (κ2) is 11.9. The maximum absolute atomic E-state index is 12.5. The quantitative estimate of drug-likeness (QED) is 0.322. The van der Waals surface area contributed by atoms with Crippen LogP contribution >= 0.6 is 24.0 Å². The van der Waals surface area contributed by atoms with Gasteiger partial charge in [-0.05, 0) is 49.8 Å². The van der Waals surface area contributed by atoms with Crippen LogP contribution in [0.5, 0.6) is 0 Å². The van der Waals surface area contributed by atoms with E-state index in [1.54, 1.807) is 16.4 Å². The molecule has 2 N–H and O–H groups in total. The van der Waals surface area contributed by atoms with Gasteiger partial charge in [-0.25, -0.2) is 13.4 Å². The number of hydrogen-bond donors (Lipinski definition) is 2. The van der Waals surface area contributed by atoms with Crippen LogP contribution in [-0.4, -0.2) is 44.9 Å². The third kappa shape index (κ3) is 7.57. The van der Waals surface area contributed by atoms with Crippen molar-refractivity contribution >= 4 is 40.0 Å². The van der Waals surface area contributed by atoms with Crippen LogP contribution in [0.15, 0.2) is 34.2 Å². The third-order valence-electron chi connectivity index (χ3n) is 4.40. The first-order valence-corrected chi connectivity index (χ1v) is 11.0. The largest absolute Gasteiger partial charge is 0.357 e. The lowest BCUT2D eigenvalue weighted by atomic mass is 10.1. The monoisotopic (exact) mass is 508 g/mol. The lowest BCUT2D eigenvalue weighted by Gasteiger charge is -2.15. The maximum Gasteiger partial charge on any atom is 0.243 e. The third-order valence-corrected chi connectivity index (χ3v) is 6.32. The fraction of sp³-hybridized carbons (Fsp3) is 0.632. The highest BCUT2D eigenvalue weighted by atomic mass is 127.